The number of fused-ring (bicyclic) bond motifs is 3. The smallest absolute Gasteiger partial charge is 0.183 e. The molecule has 4 heteroatoms. The second-order valence-corrected chi connectivity index (χ2v) is 7.38. The molecular weight excluding hydrogens is 296 g/mol. The van der Waals surface area contributed by atoms with Gasteiger partial charge in [-0.15, -0.1) is 0 Å². The summed E-state index contributed by atoms with van der Waals surface area (Å²) in [7, 11) is 0. The number of aromatic amines is 1. The van der Waals surface area contributed by atoms with Crippen LogP contribution in [0.5, 0.6) is 0 Å². The van der Waals surface area contributed by atoms with E-state index in [1.54, 1.807) is 0 Å². The Balaban J connectivity index is 1.86. The number of anilines is 1. The summed E-state index contributed by atoms with van der Waals surface area (Å²) in [5, 5.41) is 8.20. The van der Waals surface area contributed by atoms with Gasteiger partial charge >= 0.3 is 0 Å². The number of hydrogen-bond donors (Lipinski definition) is 2. The van der Waals surface area contributed by atoms with Crippen LogP contribution in [0.1, 0.15) is 42.7 Å². The van der Waals surface area contributed by atoms with Crippen LogP contribution in [0.3, 0.4) is 0 Å². The molecule has 0 fully saturated rings. The fourth-order valence-electron chi connectivity index (χ4n) is 3.59. The summed E-state index contributed by atoms with van der Waals surface area (Å²) in [4.78, 5) is 4.76. The Bertz CT molecular complexity index is 920. The van der Waals surface area contributed by atoms with Crippen LogP contribution in [0.2, 0.25) is 0 Å². The molecule has 3 N–H and O–H groups in total. The number of hydrogen-bond acceptors (Lipinski definition) is 3. The van der Waals surface area contributed by atoms with Gasteiger partial charge in [0.05, 0.1) is 11.1 Å². The van der Waals surface area contributed by atoms with Crippen molar-refractivity contribution in [3.63, 3.8) is 0 Å². The Kier molecular flexibility index (Phi) is 3.41. The summed E-state index contributed by atoms with van der Waals surface area (Å²) in [5.41, 5.74) is 12.0. The van der Waals surface area contributed by atoms with Crippen molar-refractivity contribution in [1.29, 1.82) is 0 Å². The van der Waals surface area contributed by atoms with E-state index in [-0.39, 0.29) is 5.41 Å². The first-order valence-electron chi connectivity index (χ1n) is 8.42. The molecule has 0 amide bonds. The van der Waals surface area contributed by atoms with Crippen LogP contribution in [-0.2, 0) is 12.8 Å². The normalized spacial score (nSPS) is 16.6. The van der Waals surface area contributed by atoms with Gasteiger partial charge in [-0.05, 0) is 47.4 Å². The third-order valence-corrected chi connectivity index (χ3v) is 4.92. The molecule has 1 aliphatic carbocycles. The van der Waals surface area contributed by atoms with Crippen molar-refractivity contribution in [2.75, 3.05) is 5.73 Å². The van der Waals surface area contributed by atoms with Gasteiger partial charge in [-0.25, -0.2) is 4.98 Å². The molecule has 24 heavy (non-hydrogen) atoms. The van der Waals surface area contributed by atoms with Gasteiger partial charge < -0.3 is 5.73 Å². The molecule has 0 aliphatic heterocycles. The fourth-order valence-corrected chi connectivity index (χ4v) is 3.59. The van der Waals surface area contributed by atoms with Crippen LogP contribution in [0.4, 0.5) is 5.82 Å². The van der Waals surface area contributed by atoms with E-state index in [0.717, 1.165) is 36.0 Å². The van der Waals surface area contributed by atoms with E-state index in [9.17, 15) is 0 Å². The third-order valence-electron chi connectivity index (χ3n) is 4.92. The highest BCUT2D eigenvalue weighted by molar-refractivity contribution is 5.92. The Hall–Kier alpha value is -2.62. The molecule has 2 heterocycles. The first-order valence-corrected chi connectivity index (χ1v) is 8.42. The average Bonchev–Trinajstić information content (AvgIpc) is 2.94. The topological polar surface area (TPSA) is 67.6 Å². The quantitative estimate of drug-likeness (QED) is 0.743. The van der Waals surface area contributed by atoms with E-state index in [4.69, 9.17) is 10.7 Å². The number of aromatic nitrogens is 3. The summed E-state index contributed by atoms with van der Waals surface area (Å²) in [5.74, 6) is 0.630. The minimum atomic E-state index is 0.283. The lowest BCUT2D eigenvalue weighted by Crippen LogP contribution is -2.23. The van der Waals surface area contributed by atoms with Gasteiger partial charge in [0.1, 0.15) is 5.82 Å². The molecule has 4 rings (SSSR count). The molecule has 1 aliphatic rings. The maximum atomic E-state index is 6.13. The van der Waals surface area contributed by atoms with E-state index in [1.807, 2.05) is 18.2 Å². The molecule has 0 bridgehead atoms. The van der Waals surface area contributed by atoms with Crippen LogP contribution in [-0.4, -0.2) is 15.2 Å². The zero-order chi connectivity index (χ0) is 16.7. The molecule has 3 aromatic rings. The molecule has 0 atom stereocenters. The Morgan fingerprint density at radius 3 is 2.71 bits per heavy atom. The number of rotatable bonds is 2. The maximum absolute atomic E-state index is 6.13. The van der Waals surface area contributed by atoms with Gasteiger partial charge in [-0.2, -0.15) is 5.10 Å². The van der Waals surface area contributed by atoms with Gasteiger partial charge in [-0.1, -0.05) is 50.3 Å². The van der Waals surface area contributed by atoms with Crippen LogP contribution >= 0.6 is 0 Å². The SMILES string of the molecule is CC1(C)CCc2c(/C=C/c3ccccc3)nc3n[nH]c(N)c3c2C1. The van der Waals surface area contributed by atoms with Crippen LogP contribution in [0.15, 0.2) is 30.3 Å². The first kappa shape index (κ1) is 14.9. The highest BCUT2D eigenvalue weighted by atomic mass is 15.2. The summed E-state index contributed by atoms with van der Waals surface area (Å²) in [6.07, 6.45) is 7.43. The number of nitrogens with zero attached hydrogens (tertiary/aromatic N) is 2. The van der Waals surface area contributed by atoms with E-state index in [1.165, 1.54) is 16.7 Å². The molecule has 122 valence electrons. The predicted octanol–water partition coefficient (Wildman–Crippen LogP) is 4.23. The van der Waals surface area contributed by atoms with Crippen LogP contribution in [0.25, 0.3) is 23.2 Å². The third kappa shape index (κ3) is 2.58. The zero-order valence-electron chi connectivity index (χ0n) is 14.1. The zero-order valence-corrected chi connectivity index (χ0v) is 14.1. The molecular formula is C20H22N4. The number of nitrogen functional groups attached to an aromatic ring is 1. The summed E-state index contributed by atoms with van der Waals surface area (Å²) in [6, 6.07) is 10.3. The first-order chi connectivity index (χ1) is 11.5. The van der Waals surface area contributed by atoms with Gasteiger partial charge in [-0.3, -0.25) is 5.10 Å². The molecule has 0 unspecified atom stereocenters. The minimum absolute atomic E-state index is 0.283. The van der Waals surface area contributed by atoms with Gasteiger partial charge in [0, 0.05) is 0 Å². The average molecular weight is 318 g/mol. The van der Waals surface area contributed by atoms with Crippen LogP contribution in [0, 0.1) is 5.41 Å². The van der Waals surface area contributed by atoms with Crippen molar-refractivity contribution in [3.05, 3.63) is 52.7 Å². The highest BCUT2D eigenvalue weighted by Crippen LogP contribution is 2.40. The Morgan fingerprint density at radius 1 is 1.12 bits per heavy atom. The molecule has 0 radical (unpaired) electrons. The predicted molar refractivity (Wildman–Crippen MR) is 99.5 cm³/mol. The molecule has 0 saturated carbocycles. The van der Waals surface area contributed by atoms with E-state index >= 15 is 0 Å². The summed E-state index contributed by atoms with van der Waals surface area (Å²) < 4.78 is 0. The minimum Gasteiger partial charge on any atom is -0.384 e. The lowest BCUT2D eigenvalue weighted by atomic mass is 9.73. The van der Waals surface area contributed by atoms with Crippen LogP contribution < -0.4 is 5.73 Å². The van der Waals surface area contributed by atoms with Crippen molar-refractivity contribution >= 4 is 29.0 Å². The lowest BCUT2D eigenvalue weighted by Gasteiger charge is -2.32. The second kappa shape index (κ2) is 5.48. The molecule has 2 aromatic heterocycles. The monoisotopic (exact) mass is 318 g/mol. The van der Waals surface area contributed by atoms with Crippen molar-refractivity contribution < 1.29 is 0 Å². The van der Waals surface area contributed by atoms with Crippen molar-refractivity contribution in [2.45, 2.75) is 33.1 Å². The van der Waals surface area contributed by atoms with E-state index in [2.05, 4.69) is 48.3 Å². The largest absolute Gasteiger partial charge is 0.384 e. The van der Waals surface area contributed by atoms with Crippen molar-refractivity contribution in [3.8, 4) is 0 Å². The number of nitrogens with two attached hydrogens (primary N) is 1. The molecule has 0 saturated heterocycles. The highest BCUT2D eigenvalue weighted by Gasteiger charge is 2.29. The maximum Gasteiger partial charge on any atom is 0.183 e. The fraction of sp³-hybridized carbons (Fsp3) is 0.300. The standard InChI is InChI=1S/C20H22N4/c1-20(2)11-10-14-15(12-20)17-18(21)23-24-19(17)22-16(14)9-8-13-6-4-3-5-7-13/h3-9H,10-12H2,1-2H3,(H3,21,22,23,24)/b9-8+. The van der Waals surface area contributed by atoms with Crippen molar-refractivity contribution in [2.24, 2.45) is 5.41 Å². The molecule has 1 aromatic carbocycles. The van der Waals surface area contributed by atoms with Gasteiger partial charge in [0.15, 0.2) is 5.65 Å². The van der Waals surface area contributed by atoms with E-state index in [0.29, 0.717) is 5.82 Å². The van der Waals surface area contributed by atoms with Crippen molar-refractivity contribution in [1.82, 2.24) is 15.2 Å². The number of H-pyrrole nitrogens is 1. The van der Waals surface area contributed by atoms with Gasteiger partial charge in [0.2, 0.25) is 0 Å². The van der Waals surface area contributed by atoms with Gasteiger partial charge in [0.25, 0.3) is 0 Å². The Labute approximate surface area is 141 Å². The number of nitrogens with one attached hydrogen (secondary N) is 1. The summed E-state index contributed by atoms with van der Waals surface area (Å²) in [6.45, 7) is 4.63. The molecule has 0 spiro atoms. The lowest BCUT2D eigenvalue weighted by molar-refractivity contribution is 0.316. The number of benzene rings is 1. The molecule has 4 nitrogen and oxygen atoms in total. The van der Waals surface area contributed by atoms with E-state index < -0.39 is 0 Å². The second-order valence-electron chi connectivity index (χ2n) is 7.38. The summed E-state index contributed by atoms with van der Waals surface area (Å²) >= 11 is 0. The Morgan fingerprint density at radius 2 is 1.92 bits per heavy atom. The number of pyridine rings is 1.